The molecule has 10 nitrogen and oxygen atoms in total. The Morgan fingerprint density at radius 1 is 1.26 bits per heavy atom. The van der Waals surface area contributed by atoms with Crippen molar-refractivity contribution in [3.05, 3.63) is 63.8 Å². The molecule has 1 fully saturated rings. The molecule has 1 saturated heterocycles. The third-order valence-electron chi connectivity index (χ3n) is 6.83. The Balaban J connectivity index is 1.54. The van der Waals surface area contributed by atoms with Crippen LogP contribution in [0.2, 0.25) is 0 Å². The Labute approximate surface area is 219 Å². The third kappa shape index (κ3) is 4.88. The van der Waals surface area contributed by atoms with E-state index >= 15 is 0 Å². The minimum atomic E-state index is -4.72. The number of fused-ring (bicyclic) bond motifs is 1. The smallest absolute Gasteiger partial charge is 0.419 e. The second-order valence-corrected chi connectivity index (χ2v) is 9.27. The molecule has 1 aliphatic heterocycles. The summed E-state index contributed by atoms with van der Waals surface area (Å²) < 4.78 is 41.9. The highest BCUT2D eigenvalue weighted by molar-refractivity contribution is 5.97. The first-order valence-corrected chi connectivity index (χ1v) is 12.0. The minimum absolute atomic E-state index is 0.0138. The average Bonchev–Trinajstić information content (AvgIpc) is 3.32. The van der Waals surface area contributed by atoms with Crippen LogP contribution in [0.5, 0.6) is 0 Å². The first kappa shape index (κ1) is 25.8. The molecule has 5 rings (SSSR count). The van der Waals surface area contributed by atoms with Gasteiger partial charge in [0.05, 0.1) is 5.69 Å². The summed E-state index contributed by atoms with van der Waals surface area (Å²) in [6.07, 6.45) is -0.905. The maximum Gasteiger partial charge on any atom is 0.419 e. The van der Waals surface area contributed by atoms with Gasteiger partial charge in [0.15, 0.2) is 0 Å². The first-order chi connectivity index (χ1) is 18.6. The predicted octanol–water partition coefficient (Wildman–Crippen LogP) is 4.73. The maximum absolute atomic E-state index is 14.0. The molecule has 4 aromatic rings. The van der Waals surface area contributed by atoms with Crippen LogP contribution in [0.4, 0.5) is 23.9 Å². The summed E-state index contributed by atoms with van der Waals surface area (Å²) in [4.78, 5) is 38.1. The number of carboxylic acid groups (broad SMARTS) is 1. The number of amides is 1. The van der Waals surface area contributed by atoms with Crippen molar-refractivity contribution in [1.82, 2.24) is 24.8 Å². The number of aromatic amines is 2. The molecule has 3 aromatic heterocycles. The van der Waals surface area contributed by atoms with E-state index in [4.69, 9.17) is 0 Å². The van der Waals surface area contributed by atoms with Gasteiger partial charge in [-0.15, -0.1) is 0 Å². The number of H-pyrrole nitrogens is 2. The van der Waals surface area contributed by atoms with Crippen LogP contribution >= 0.6 is 0 Å². The highest BCUT2D eigenvalue weighted by Gasteiger charge is 2.36. The van der Waals surface area contributed by atoms with Crippen molar-refractivity contribution in [2.24, 2.45) is 0 Å². The lowest BCUT2D eigenvalue weighted by Crippen LogP contribution is -2.44. The van der Waals surface area contributed by atoms with Crippen molar-refractivity contribution >= 4 is 22.9 Å². The number of pyridine rings is 1. The normalized spacial score (nSPS) is 15.8. The number of hydrogen-bond acceptors (Lipinski definition) is 6. The lowest BCUT2D eigenvalue weighted by molar-refractivity contribution is -0.137. The number of benzene rings is 1. The fourth-order valence-electron chi connectivity index (χ4n) is 4.86. The molecule has 0 bridgehead atoms. The highest BCUT2D eigenvalue weighted by Crippen LogP contribution is 2.39. The van der Waals surface area contributed by atoms with Crippen molar-refractivity contribution in [1.29, 1.82) is 5.26 Å². The van der Waals surface area contributed by atoms with E-state index in [1.54, 1.807) is 25.1 Å². The number of likely N-dealkylation sites (tertiary alicyclic amines) is 1. The number of hydrogen-bond donors (Lipinski definition) is 4. The number of anilines is 1. The topological polar surface area (TPSA) is 151 Å². The number of alkyl halides is 3. The molecule has 1 aliphatic rings. The minimum Gasteiger partial charge on any atom is -0.465 e. The number of nitrogens with zero attached hydrogens (tertiary/aromatic N) is 4. The van der Waals surface area contributed by atoms with Crippen LogP contribution in [0.15, 0.2) is 41.6 Å². The Morgan fingerprint density at radius 3 is 2.74 bits per heavy atom. The zero-order valence-corrected chi connectivity index (χ0v) is 20.6. The molecule has 39 heavy (non-hydrogen) atoms. The van der Waals surface area contributed by atoms with E-state index in [0.717, 1.165) is 6.20 Å². The quantitative estimate of drug-likeness (QED) is 0.294. The second kappa shape index (κ2) is 9.79. The van der Waals surface area contributed by atoms with Crippen molar-refractivity contribution in [3.8, 4) is 28.5 Å². The molecule has 1 atom stereocenters. The Hall–Kier alpha value is -4.86. The van der Waals surface area contributed by atoms with Gasteiger partial charge in [-0.25, -0.2) is 14.8 Å². The van der Waals surface area contributed by atoms with E-state index < -0.39 is 23.4 Å². The SMILES string of the molecule is Cc1c(-c2ccc3c(-c4nc(N[C@H]5CCCN(C(=O)O)C5)ncc4C(F)(F)F)c[nH]c3c2)c[nH]c(=O)c1C#N. The molecular formula is C26H22F3N7O3. The van der Waals surface area contributed by atoms with Gasteiger partial charge in [-0.05, 0) is 37.0 Å². The molecular weight excluding hydrogens is 515 g/mol. The summed E-state index contributed by atoms with van der Waals surface area (Å²) in [5.74, 6) is -0.0332. The van der Waals surface area contributed by atoms with Gasteiger partial charge in [-0.2, -0.15) is 18.4 Å². The first-order valence-electron chi connectivity index (χ1n) is 12.0. The number of carbonyl (C=O) groups is 1. The largest absolute Gasteiger partial charge is 0.465 e. The molecule has 13 heteroatoms. The van der Waals surface area contributed by atoms with Gasteiger partial charge >= 0.3 is 12.3 Å². The fourth-order valence-corrected chi connectivity index (χ4v) is 4.86. The Bertz CT molecular complexity index is 1690. The average molecular weight is 538 g/mol. The van der Waals surface area contributed by atoms with Crippen molar-refractivity contribution in [2.45, 2.75) is 32.0 Å². The fraction of sp³-hybridized carbons (Fsp3) is 0.269. The molecule has 0 aliphatic carbocycles. The molecule has 200 valence electrons. The molecule has 1 aromatic carbocycles. The molecule has 0 radical (unpaired) electrons. The predicted molar refractivity (Wildman–Crippen MR) is 136 cm³/mol. The summed E-state index contributed by atoms with van der Waals surface area (Å²) in [5.41, 5.74) is 0.638. The number of halogens is 3. The lowest BCUT2D eigenvalue weighted by atomic mass is 9.97. The summed E-state index contributed by atoms with van der Waals surface area (Å²) in [6, 6.07) is 6.60. The standard InChI is InChI=1S/C26H22F3N7O3/c1-13-17(8-30)23(37)32-9-18(13)14-4-5-16-19(10-31-21(16)7-14)22-20(26(27,28)29)11-33-24(35-22)34-15-3-2-6-36(12-15)25(38)39/h4-5,7,9-11,15,31H,2-3,6,12H2,1H3,(H,32,37)(H,38,39)(H,33,34,35)/t15-/m0/s1. The van der Waals surface area contributed by atoms with E-state index in [-0.39, 0.29) is 35.4 Å². The molecule has 1 amide bonds. The monoisotopic (exact) mass is 537 g/mol. The second-order valence-electron chi connectivity index (χ2n) is 9.27. The lowest BCUT2D eigenvalue weighted by Gasteiger charge is -2.31. The number of nitriles is 1. The summed E-state index contributed by atoms with van der Waals surface area (Å²) >= 11 is 0. The van der Waals surface area contributed by atoms with Crippen LogP contribution in [-0.4, -0.2) is 55.2 Å². The Morgan fingerprint density at radius 2 is 2.03 bits per heavy atom. The van der Waals surface area contributed by atoms with Crippen LogP contribution < -0.4 is 10.9 Å². The van der Waals surface area contributed by atoms with Gasteiger partial charge in [0, 0.05) is 59.8 Å². The summed E-state index contributed by atoms with van der Waals surface area (Å²) in [5, 5.41) is 22.0. The molecule has 0 unspecified atom stereocenters. The molecule has 0 spiro atoms. The van der Waals surface area contributed by atoms with Crippen molar-refractivity contribution < 1.29 is 23.1 Å². The van der Waals surface area contributed by atoms with Gasteiger partial charge < -0.3 is 25.3 Å². The zero-order valence-electron chi connectivity index (χ0n) is 20.6. The van der Waals surface area contributed by atoms with Crippen molar-refractivity contribution in [3.63, 3.8) is 0 Å². The van der Waals surface area contributed by atoms with Crippen LogP contribution in [0.25, 0.3) is 33.3 Å². The molecule has 0 saturated carbocycles. The number of nitrogens with one attached hydrogen (secondary N) is 3. The van der Waals surface area contributed by atoms with Crippen LogP contribution in [-0.2, 0) is 6.18 Å². The van der Waals surface area contributed by atoms with Crippen molar-refractivity contribution in [2.75, 3.05) is 18.4 Å². The summed E-state index contributed by atoms with van der Waals surface area (Å²) in [6.45, 7) is 2.21. The highest BCUT2D eigenvalue weighted by atomic mass is 19.4. The van der Waals surface area contributed by atoms with E-state index in [1.165, 1.54) is 17.3 Å². The zero-order chi connectivity index (χ0) is 27.9. The Kier molecular flexibility index (Phi) is 6.47. The van der Waals surface area contributed by atoms with Crippen LogP contribution in [0, 0.1) is 18.3 Å². The number of piperidine rings is 1. The third-order valence-corrected chi connectivity index (χ3v) is 6.83. The van der Waals surface area contributed by atoms with Gasteiger partial charge in [-0.3, -0.25) is 4.79 Å². The van der Waals surface area contributed by atoms with Crippen LogP contribution in [0.1, 0.15) is 29.5 Å². The van der Waals surface area contributed by atoms with Crippen LogP contribution in [0.3, 0.4) is 0 Å². The van der Waals surface area contributed by atoms with E-state index in [9.17, 15) is 33.1 Å². The van der Waals surface area contributed by atoms with Gasteiger partial charge in [0.1, 0.15) is 17.2 Å². The van der Waals surface area contributed by atoms with Gasteiger partial charge in [0.2, 0.25) is 5.95 Å². The van der Waals surface area contributed by atoms with Gasteiger partial charge in [0.25, 0.3) is 5.56 Å². The number of aromatic nitrogens is 4. The van der Waals surface area contributed by atoms with E-state index in [1.807, 2.05) is 6.07 Å². The molecule has 4 N–H and O–H groups in total. The summed E-state index contributed by atoms with van der Waals surface area (Å²) in [7, 11) is 0. The van der Waals surface area contributed by atoms with E-state index in [0.29, 0.717) is 47.0 Å². The number of rotatable bonds is 4. The van der Waals surface area contributed by atoms with E-state index in [2.05, 4.69) is 25.3 Å². The maximum atomic E-state index is 14.0. The van der Waals surface area contributed by atoms with Gasteiger partial charge in [-0.1, -0.05) is 12.1 Å². The molecule has 4 heterocycles.